The maximum atomic E-state index is 12.1. The van der Waals surface area contributed by atoms with Crippen molar-refractivity contribution in [3.8, 4) is 5.75 Å². The summed E-state index contributed by atoms with van der Waals surface area (Å²) in [7, 11) is 1.51. The minimum absolute atomic E-state index is 0.0652. The fraction of sp³-hybridized carbons (Fsp3) is 0.333. The first kappa shape index (κ1) is 13.5. The number of carbonyl (C=O) groups is 1. The lowest BCUT2D eigenvalue weighted by Crippen LogP contribution is -2.36. The Morgan fingerprint density at radius 1 is 1.58 bits per heavy atom. The van der Waals surface area contributed by atoms with Gasteiger partial charge in [-0.1, -0.05) is 16.8 Å². The van der Waals surface area contributed by atoms with E-state index in [0.717, 1.165) is 0 Å². The molecule has 1 amide bonds. The van der Waals surface area contributed by atoms with E-state index in [9.17, 15) is 4.79 Å². The molecule has 0 heterocycles. The number of amides is 1. The number of hydrogen-bond acceptors (Lipinski definition) is 4. The Hall–Kier alpha value is -1.95. The lowest BCUT2D eigenvalue weighted by atomic mass is 10.1. The molecule has 1 fully saturated rings. The molecule has 0 aromatic heterocycles. The third-order valence-corrected chi connectivity index (χ3v) is 3.49. The molecule has 1 aromatic carbocycles. The van der Waals surface area contributed by atoms with Gasteiger partial charge in [-0.25, -0.2) is 0 Å². The molecule has 19 heavy (non-hydrogen) atoms. The molecule has 0 radical (unpaired) electrons. The first-order valence-electron chi connectivity index (χ1n) is 5.66. The molecule has 0 unspecified atom stereocenters. The Kier molecular flexibility index (Phi) is 3.53. The van der Waals surface area contributed by atoms with Crippen LogP contribution in [0.1, 0.15) is 12.8 Å². The van der Waals surface area contributed by atoms with Gasteiger partial charge in [-0.3, -0.25) is 4.79 Å². The molecule has 0 bridgehead atoms. The summed E-state index contributed by atoms with van der Waals surface area (Å²) >= 11 is 5.97. The Bertz CT molecular complexity index is 541. The summed E-state index contributed by atoms with van der Waals surface area (Å²) in [6.45, 7) is 0. The average molecular weight is 284 g/mol. The molecule has 6 nitrogen and oxygen atoms in total. The normalized spacial score (nSPS) is 16.8. The van der Waals surface area contributed by atoms with E-state index < -0.39 is 5.41 Å². The summed E-state index contributed by atoms with van der Waals surface area (Å²) in [5, 5.41) is 14.7. The number of amidine groups is 1. The van der Waals surface area contributed by atoms with Gasteiger partial charge < -0.3 is 21.0 Å². The summed E-state index contributed by atoms with van der Waals surface area (Å²) in [6.07, 6.45) is 1.14. The SMILES string of the molecule is COc1ccc(NC(=O)C2(/C(N)=N/O)CC2)cc1Cl. The molecule has 0 saturated heterocycles. The van der Waals surface area contributed by atoms with E-state index in [1.165, 1.54) is 7.11 Å². The van der Waals surface area contributed by atoms with Crippen molar-refractivity contribution in [2.75, 3.05) is 12.4 Å². The van der Waals surface area contributed by atoms with E-state index in [1.807, 2.05) is 0 Å². The number of oxime groups is 1. The van der Waals surface area contributed by atoms with E-state index in [2.05, 4.69) is 10.5 Å². The van der Waals surface area contributed by atoms with Crippen molar-refractivity contribution in [1.82, 2.24) is 0 Å². The van der Waals surface area contributed by atoms with Gasteiger partial charge in [0.2, 0.25) is 5.91 Å². The third-order valence-electron chi connectivity index (χ3n) is 3.19. The summed E-state index contributed by atoms with van der Waals surface area (Å²) in [6, 6.07) is 4.91. The van der Waals surface area contributed by atoms with E-state index in [1.54, 1.807) is 18.2 Å². The summed E-state index contributed by atoms with van der Waals surface area (Å²) in [5.74, 6) is 0.158. The Balaban J connectivity index is 2.14. The Morgan fingerprint density at radius 2 is 2.26 bits per heavy atom. The average Bonchev–Trinajstić information content (AvgIpc) is 3.19. The highest BCUT2D eigenvalue weighted by atomic mass is 35.5. The van der Waals surface area contributed by atoms with Gasteiger partial charge in [-0.15, -0.1) is 0 Å². The summed E-state index contributed by atoms with van der Waals surface area (Å²) in [5.41, 5.74) is 5.18. The zero-order valence-electron chi connectivity index (χ0n) is 10.3. The second kappa shape index (κ2) is 4.97. The van der Waals surface area contributed by atoms with Gasteiger partial charge >= 0.3 is 0 Å². The molecule has 0 spiro atoms. The predicted molar refractivity (Wildman–Crippen MR) is 71.7 cm³/mol. The van der Waals surface area contributed by atoms with Crippen LogP contribution in [0.4, 0.5) is 5.69 Å². The van der Waals surface area contributed by atoms with Gasteiger partial charge in [-0.2, -0.15) is 0 Å². The number of rotatable bonds is 4. The zero-order valence-corrected chi connectivity index (χ0v) is 11.1. The highest BCUT2D eigenvalue weighted by Crippen LogP contribution is 2.46. The number of halogens is 1. The number of nitrogens with zero attached hydrogens (tertiary/aromatic N) is 1. The molecule has 1 aliphatic carbocycles. The van der Waals surface area contributed by atoms with Crippen LogP contribution in [0.2, 0.25) is 5.02 Å². The fourth-order valence-corrected chi connectivity index (χ4v) is 2.07. The maximum absolute atomic E-state index is 12.1. The van der Waals surface area contributed by atoms with Gasteiger partial charge in [0.1, 0.15) is 11.2 Å². The van der Waals surface area contributed by atoms with Crippen molar-refractivity contribution in [3.63, 3.8) is 0 Å². The van der Waals surface area contributed by atoms with Gasteiger partial charge in [-0.05, 0) is 31.0 Å². The summed E-state index contributed by atoms with van der Waals surface area (Å²) in [4.78, 5) is 12.1. The summed E-state index contributed by atoms with van der Waals surface area (Å²) < 4.78 is 5.02. The third kappa shape index (κ3) is 2.44. The molecule has 7 heteroatoms. The number of benzene rings is 1. The van der Waals surface area contributed by atoms with Crippen LogP contribution in [0.5, 0.6) is 5.75 Å². The number of hydrogen-bond donors (Lipinski definition) is 3. The van der Waals surface area contributed by atoms with Crippen molar-refractivity contribution in [3.05, 3.63) is 23.2 Å². The number of ether oxygens (including phenoxy) is 1. The lowest BCUT2D eigenvalue weighted by molar-refractivity contribution is -0.119. The van der Waals surface area contributed by atoms with Crippen molar-refractivity contribution < 1.29 is 14.7 Å². The van der Waals surface area contributed by atoms with E-state index in [0.29, 0.717) is 29.3 Å². The molecule has 4 N–H and O–H groups in total. The van der Waals surface area contributed by atoms with Crippen LogP contribution in [-0.4, -0.2) is 24.1 Å². The second-order valence-corrected chi connectivity index (χ2v) is 4.78. The lowest BCUT2D eigenvalue weighted by Gasteiger charge is -2.14. The number of methoxy groups -OCH3 is 1. The molecular weight excluding hydrogens is 270 g/mol. The van der Waals surface area contributed by atoms with Crippen LogP contribution in [-0.2, 0) is 4.79 Å². The van der Waals surface area contributed by atoms with Crippen molar-refractivity contribution in [2.24, 2.45) is 16.3 Å². The van der Waals surface area contributed by atoms with Crippen molar-refractivity contribution >= 4 is 29.0 Å². The molecule has 2 rings (SSSR count). The quantitative estimate of drug-likeness (QED) is 0.340. The van der Waals surface area contributed by atoms with Gasteiger partial charge in [0.15, 0.2) is 5.84 Å². The second-order valence-electron chi connectivity index (χ2n) is 4.37. The predicted octanol–water partition coefficient (Wildman–Crippen LogP) is 1.81. The van der Waals surface area contributed by atoms with Crippen LogP contribution < -0.4 is 15.8 Å². The Morgan fingerprint density at radius 3 is 2.74 bits per heavy atom. The number of carbonyl (C=O) groups excluding carboxylic acids is 1. The van der Waals surface area contributed by atoms with Crippen LogP contribution in [0, 0.1) is 5.41 Å². The van der Waals surface area contributed by atoms with Gasteiger partial charge in [0.25, 0.3) is 0 Å². The van der Waals surface area contributed by atoms with E-state index in [-0.39, 0.29) is 11.7 Å². The van der Waals surface area contributed by atoms with Crippen LogP contribution in [0.3, 0.4) is 0 Å². The van der Waals surface area contributed by atoms with Crippen molar-refractivity contribution in [2.45, 2.75) is 12.8 Å². The number of anilines is 1. The largest absolute Gasteiger partial charge is 0.495 e. The smallest absolute Gasteiger partial charge is 0.238 e. The zero-order chi connectivity index (χ0) is 14.0. The monoisotopic (exact) mass is 283 g/mol. The molecule has 0 atom stereocenters. The standard InChI is InChI=1S/C12H14ClN3O3/c1-19-9-3-2-7(6-8(9)13)15-11(17)12(4-5-12)10(14)16-18/h2-3,6,18H,4-5H2,1H3,(H2,14,16)(H,15,17). The van der Waals surface area contributed by atoms with Gasteiger partial charge in [0.05, 0.1) is 12.1 Å². The fourth-order valence-electron chi connectivity index (χ4n) is 1.82. The molecule has 0 aliphatic heterocycles. The van der Waals surface area contributed by atoms with Crippen LogP contribution in [0.25, 0.3) is 0 Å². The first-order valence-corrected chi connectivity index (χ1v) is 6.04. The van der Waals surface area contributed by atoms with E-state index in [4.69, 9.17) is 27.3 Å². The van der Waals surface area contributed by atoms with Gasteiger partial charge in [0, 0.05) is 5.69 Å². The van der Waals surface area contributed by atoms with E-state index >= 15 is 0 Å². The van der Waals surface area contributed by atoms with Crippen LogP contribution in [0.15, 0.2) is 23.4 Å². The Labute approximate surface area is 115 Å². The van der Waals surface area contributed by atoms with Crippen molar-refractivity contribution in [1.29, 1.82) is 0 Å². The minimum Gasteiger partial charge on any atom is -0.495 e. The minimum atomic E-state index is -0.888. The highest BCUT2D eigenvalue weighted by molar-refractivity contribution is 6.32. The molecular formula is C12H14ClN3O3. The topological polar surface area (TPSA) is 96.9 Å². The number of nitrogens with two attached hydrogens (primary N) is 1. The number of nitrogens with one attached hydrogen (secondary N) is 1. The molecule has 1 aromatic rings. The molecule has 1 aliphatic rings. The molecule has 102 valence electrons. The van der Waals surface area contributed by atoms with Crippen LogP contribution >= 0.6 is 11.6 Å². The highest BCUT2D eigenvalue weighted by Gasteiger charge is 2.54. The first-order chi connectivity index (χ1) is 9.03. The maximum Gasteiger partial charge on any atom is 0.238 e. The molecule has 1 saturated carbocycles.